The average molecular weight is 435 g/mol. The van der Waals surface area contributed by atoms with Crippen molar-refractivity contribution in [1.82, 2.24) is 9.78 Å². The number of ether oxygens (including phenoxy) is 1. The summed E-state index contributed by atoms with van der Waals surface area (Å²) in [5.41, 5.74) is -0.541. The quantitative estimate of drug-likeness (QED) is 0.485. The van der Waals surface area contributed by atoms with Gasteiger partial charge in [0.15, 0.2) is 12.3 Å². The number of benzene rings is 3. The highest BCUT2D eigenvalue weighted by molar-refractivity contribution is 6.03. The molecule has 0 spiro atoms. The average Bonchev–Trinajstić information content (AvgIpc) is 2.81. The van der Waals surface area contributed by atoms with E-state index in [1.54, 1.807) is 48.5 Å². The van der Waals surface area contributed by atoms with Crippen molar-refractivity contribution >= 4 is 28.3 Å². The summed E-state index contributed by atoms with van der Waals surface area (Å²) in [5, 5.41) is 6.78. The molecule has 1 N–H and O–H groups in total. The van der Waals surface area contributed by atoms with Gasteiger partial charge in [0.05, 0.1) is 16.8 Å². The Bertz CT molecular complexity index is 1390. The Kier molecular flexibility index (Phi) is 5.71. The van der Waals surface area contributed by atoms with Crippen LogP contribution >= 0.6 is 0 Å². The van der Waals surface area contributed by atoms with Crippen molar-refractivity contribution < 1.29 is 23.1 Å². The fourth-order valence-corrected chi connectivity index (χ4v) is 3.06. The van der Waals surface area contributed by atoms with E-state index in [1.165, 1.54) is 6.07 Å². The zero-order valence-electron chi connectivity index (χ0n) is 16.4. The third kappa shape index (κ3) is 4.22. The van der Waals surface area contributed by atoms with Gasteiger partial charge in [-0.2, -0.15) is 9.78 Å². The SMILES string of the molecule is O=C(COC(=O)c1nn(-c2ccccc2)c(=O)c2ccccc12)Nc1cc(F)ccc1F. The number of nitrogens with one attached hydrogen (secondary N) is 1. The second-order valence-corrected chi connectivity index (χ2v) is 6.70. The van der Waals surface area contributed by atoms with Crippen LogP contribution in [0.4, 0.5) is 14.5 Å². The summed E-state index contributed by atoms with van der Waals surface area (Å²) in [4.78, 5) is 37.6. The number of hydrogen-bond donors (Lipinski definition) is 1. The van der Waals surface area contributed by atoms with E-state index >= 15 is 0 Å². The molecule has 0 aliphatic rings. The Morgan fingerprint density at radius 2 is 1.62 bits per heavy atom. The van der Waals surface area contributed by atoms with E-state index in [1.807, 2.05) is 0 Å². The number of carbonyl (C=O) groups excluding carboxylic acids is 2. The van der Waals surface area contributed by atoms with Gasteiger partial charge >= 0.3 is 5.97 Å². The third-order valence-corrected chi connectivity index (χ3v) is 4.54. The summed E-state index contributed by atoms with van der Waals surface area (Å²) >= 11 is 0. The van der Waals surface area contributed by atoms with Gasteiger partial charge in [-0.25, -0.2) is 13.6 Å². The van der Waals surface area contributed by atoms with Crippen molar-refractivity contribution in [3.63, 3.8) is 0 Å². The van der Waals surface area contributed by atoms with Crippen LogP contribution in [0.3, 0.4) is 0 Å². The highest BCUT2D eigenvalue weighted by Gasteiger charge is 2.20. The number of esters is 1. The molecule has 7 nitrogen and oxygen atoms in total. The van der Waals surface area contributed by atoms with Crippen LogP contribution in [0.5, 0.6) is 0 Å². The van der Waals surface area contributed by atoms with E-state index in [2.05, 4.69) is 10.4 Å². The van der Waals surface area contributed by atoms with Crippen LogP contribution in [0.15, 0.2) is 77.6 Å². The molecule has 1 aromatic heterocycles. The van der Waals surface area contributed by atoms with Gasteiger partial charge in [0.1, 0.15) is 11.6 Å². The van der Waals surface area contributed by atoms with E-state index in [0.29, 0.717) is 5.69 Å². The van der Waals surface area contributed by atoms with Gasteiger partial charge in [0.25, 0.3) is 11.5 Å². The highest BCUT2D eigenvalue weighted by Crippen LogP contribution is 2.17. The fraction of sp³-hybridized carbons (Fsp3) is 0.0435. The van der Waals surface area contributed by atoms with E-state index in [9.17, 15) is 23.2 Å². The monoisotopic (exact) mass is 435 g/mol. The lowest BCUT2D eigenvalue weighted by Crippen LogP contribution is -2.27. The van der Waals surface area contributed by atoms with Gasteiger partial charge in [-0.1, -0.05) is 36.4 Å². The van der Waals surface area contributed by atoms with Crippen LogP contribution in [0.1, 0.15) is 10.5 Å². The summed E-state index contributed by atoms with van der Waals surface area (Å²) in [6.45, 7) is -0.769. The van der Waals surface area contributed by atoms with Crippen LogP contribution in [0.25, 0.3) is 16.5 Å². The van der Waals surface area contributed by atoms with Crippen LogP contribution in [-0.4, -0.2) is 28.3 Å². The molecule has 160 valence electrons. The van der Waals surface area contributed by atoms with Crippen molar-refractivity contribution in [2.75, 3.05) is 11.9 Å². The minimum atomic E-state index is -0.958. The molecular formula is C23H15F2N3O4. The number of amides is 1. The minimum absolute atomic E-state index is 0.172. The van der Waals surface area contributed by atoms with Crippen molar-refractivity contribution in [2.24, 2.45) is 0 Å². The first-order chi connectivity index (χ1) is 15.4. The second-order valence-electron chi connectivity index (χ2n) is 6.70. The number of nitrogens with zero attached hydrogens (tertiary/aromatic N) is 2. The van der Waals surface area contributed by atoms with E-state index in [0.717, 1.165) is 22.9 Å². The van der Waals surface area contributed by atoms with Gasteiger partial charge in [0, 0.05) is 11.5 Å². The summed E-state index contributed by atoms with van der Waals surface area (Å²) < 4.78 is 33.0. The van der Waals surface area contributed by atoms with Crippen LogP contribution in [0, 0.1) is 11.6 Å². The first-order valence-electron chi connectivity index (χ1n) is 9.43. The highest BCUT2D eigenvalue weighted by atomic mass is 19.1. The van der Waals surface area contributed by atoms with Crippen LogP contribution in [0.2, 0.25) is 0 Å². The molecule has 32 heavy (non-hydrogen) atoms. The standard InChI is InChI=1S/C23H15F2N3O4/c24-14-10-11-18(25)19(12-14)26-20(29)13-32-23(31)21-16-8-4-5-9-17(16)22(30)28(27-21)15-6-2-1-3-7-15/h1-12H,13H2,(H,26,29). The maximum absolute atomic E-state index is 13.7. The number of halogens is 2. The van der Waals surface area contributed by atoms with Gasteiger partial charge in [-0.3, -0.25) is 9.59 Å². The molecule has 0 radical (unpaired) electrons. The minimum Gasteiger partial charge on any atom is -0.451 e. The summed E-state index contributed by atoms with van der Waals surface area (Å²) in [5.74, 6) is -3.41. The maximum Gasteiger partial charge on any atom is 0.359 e. The largest absolute Gasteiger partial charge is 0.451 e. The molecule has 4 aromatic rings. The number of fused-ring (bicyclic) bond motifs is 1. The number of anilines is 1. The lowest BCUT2D eigenvalue weighted by Gasteiger charge is -2.11. The maximum atomic E-state index is 13.7. The summed E-state index contributed by atoms with van der Waals surface area (Å²) in [6.07, 6.45) is 0. The topological polar surface area (TPSA) is 90.3 Å². The van der Waals surface area contributed by atoms with Crippen molar-refractivity contribution in [3.8, 4) is 5.69 Å². The molecule has 0 aliphatic carbocycles. The Morgan fingerprint density at radius 3 is 2.38 bits per heavy atom. The van der Waals surface area contributed by atoms with Crippen LogP contribution < -0.4 is 10.9 Å². The molecule has 0 aliphatic heterocycles. The van der Waals surface area contributed by atoms with E-state index < -0.39 is 35.7 Å². The van der Waals surface area contributed by atoms with E-state index in [4.69, 9.17) is 4.74 Å². The lowest BCUT2D eigenvalue weighted by molar-refractivity contribution is -0.119. The van der Waals surface area contributed by atoms with E-state index in [-0.39, 0.29) is 22.2 Å². The number of aromatic nitrogens is 2. The Hall–Kier alpha value is -4.40. The Balaban J connectivity index is 1.61. The van der Waals surface area contributed by atoms with Crippen molar-refractivity contribution in [3.05, 3.63) is 100 Å². The number of para-hydroxylation sites is 1. The first-order valence-corrected chi connectivity index (χ1v) is 9.43. The third-order valence-electron chi connectivity index (χ3n) is 4.54. The zero-order chi connectivity index (χ0) is 22.7. The molecule has 1 amide bonds. The molecule has 1 heterocycles. The van der Waals surface area contributed by atoms with Gasteiger partial charge in [-0.15, -0.1) is 0 Å². The molecule has 0 unspecified atom stereocenters. The van der Waals surface area contributed by atoms with Gasteiger partial charge in [0.2, 0.25) is 0 Å². The Labute approximate surface area is 179 Å². The smallest absolute Gasteiger partial charge is 0.359 e. The van der Waals surface area contributed by atoms with Crippen molar-refractivity contribution in [1.29, 1.82) is 0 Å². The predicted molar refractivity (Wildman–Crippen MR) is 113 cm³/mol. The molecule has 0 bridgehead atoms. The number of rotatable bonds is 5. The lowest BCUT2D eigenvalue weighted by atomic mass is 10.1. The second kappa shape index (κ2) is 8.76. The zero-order valence-corrected chi connectivity index (χ0v) is 16.4. The number of hydrogen-bond acceptors (Lipinski definition) is 5. The molecule has 0 fully saturated rings. The Morgan fingerprint density at radius 1 is 0.938 bits per heavy atom. The summed E-state index contributed by atoms with van der Waals surface area (Å²) in [6, 6.07) is 17.4. The molecule has 0 saturated heterocycles. The predicted octanol–water partition coefficient (Wildman–Crippen LogP) is 3.46. The van der Waals surface area contributed by atoms with Gasteiger partial charge < -0.3 is 10.1 Å². The first kappa shape index (κ1) is 20.9. The van der Waals surface area contributed by atoms with Crippen molar-refractivity contribution in [2.45, 2.75) is 0 Å². The fourth-order valence-electron chi connectivity index (χ4n) is 3.06. The van der Waals surface area contributed by atoms with Crippen LogP contribution in [-0.2, 0) is 9.53 Å². The molecular weight excluding hydrogens is 420 g/mol. The number of carbonyl (C=O) groups is 2. The van der Waals surface area contributed by atoms with Gasteiger partial charge in [-0.05, 0) is 30.3 Å². The molecule has 4 rings (SSSR count). The molecule has 9 heteroatoms. The molecule has 0 atom stereocenters. The molecule has 0 saturated carbocycles. The molecule has 3 aromatic carbocycles. The summed E-state index contributed by atoms with van der Waals surface area (Å²) in [7, 11) is 0. The normalized spacial score (nSPS) is 10.7.